The average Bonchev–Trinajstić information content (AvgIpc) is 2.62. The molecule has 1 aromatic carbocycles. The van der Waals surface area contributed by atoms with Gasteiger partial charge in [-0.2, -0.15) is 0 Å². The van der Waals surface area contributed by atoms with Crippen LogP contribution in [0.3, 0.4) is 0 Å². The molecule has 1 saturated heterocycles. The van der Waals surface area contributed by atoms with Gasteiger partial charge in [-0.05, 0) is 50.9 Å². The van der Waals surface area contributed by atoms with Crippen molar-refractivity contribution in [1.82, 2.24) is 4.90 Å². The van der Waals surface area contributed by atoms with E-state index in [1.165, 1.54) is 0 Å². The average molecular weight is 346 g/mol. The number of benzene rings is 1. The Bertz CT molecular complexity index is 594. The smallest absolute Gasteiger partial charge is 0.238 e. The van der Waals surface area contributed by atoms with Crippen molar-refractivity contribution in [2.45, 2.75) is 51.7 Å². The zero-order valence-electron chi connectivity index (χ0n) is 15.3. The van der Waals surface area contributed by atoms with Gasteiger partial charge in [0.1, 0.15) is 0 Å². The zero-order valence-corrected chi connectivity index (χ0v) is 15.3. The van der Waals surface area contributed by atoms with Crippen LogP contribution in [0, 0.1) is 5.41 Å². The Morgan fingerprint density at radius 3 is 2.68 bits per heavy atom. The normalized spacial score (nSPS) is 25.6. The second-order valence-electron chi connectivity index (χ2n) is 7.26. The molecule has 1 amide bonds. The number of aryl methyl sites for hydroxylation is 1. The monoisotopic (exact) mass is 346 g/mol. The van der Waals surface area contributed by atoms with Crippen LogP contribution in [0.25, 0.3) is 0 Å². The molecule has 0 radical (unpaired) electrons. The maximum absolute atomic E-state index is 12.4. The Morgan fingerprint density at radius 2 is 2.04 bits per heavy atom. The molecule has 1 aliphatic carbocycles. The number of nitrogens with one attached hydrogen (secondary N) is 1. The molecule has 2 unspecified atom stereocenters. The highest BCUT2D eigenvalue weighted by molar-refractivity contribution is 5.93. The van der Waals surface area contributed by atoms with Crippen LogP contribution in [-0.2, 0) is 16.0 Å². The van der Waals surface area contributed by atoms with Crippen molar-refractivity contribution >= 4 is 11.6 Å². The topological polar surface area (TPSA) is 61.8 Å². The summed E-state index contributed by atoms with van der Waals surface area (Å²) in [5.74, 6) is 0.0346. The fourth-order valence-corrected chi connectivity index (χ4v) is 4.29. The fraction of sp³-hybridized carbons (Fsp3) is 0.650. The van der Waals surface area contributed by atoms with Crippen molar-refractivity contribution in [2.24, 2.45) is 5.41 Å². The summed E-state index contributed by atoms with van der Waals surface area (Å²) in [7, 11) is 0. The number of rotatable bonds is 6. The van der Waals surface area contributed by atoms with E-state index in [9.17, 15) is 9.90 Å². The minimum Gasteiger partial charge on any atom is -0.392 e. The number of aliphatic hydroxyl groups is 1. The van der Waals surface area contributed by atoms with Crippen LogP contribution in [0.4, 0.5) is 5.69 Å². The van der Waals surface area contributed by atoms with Crippen molar-refractivity contribution in [3.63, 3.8) is 0 Å². The molecule has 0 bridgehead atoms. The molecule has 25 heavy (non-hydrogen) atoms. The Morgan fingerprint density at radius 1 is 1.32 bits per heavy atom. The first-order chi connectivity index (χ1) is 12.1. The Hall–Kier alpha value is -1.43. The first-order valence-electron chi connectivity index (χ1n) is 9.49. The highest BCUT2D eigenvalue weighted by Crippen LogP contribution is 2.50. The van der Waals surface area contributed by atoms with E-state index in [2.05, 4.69) is 17.1 Å². The van der Waals surface area contributed by atoms with Crippen molar-refractivity contribution in [1.29, 1.82) is 0 Å². The molecule has 2 atom stereocenters. The summed E-state index contributed by atoms with van der Waals surface area (Å²) >= 11 is 0. The number of para-hydroxylation sites is 1. The molecule has 2 fully saturated rings. The first-order valence-corrected chi connectivity index (χ1v) is 9.49. The van der Waals surface area contributed by atoms with E-state index >= 15 is 0 Å². The molecule has 1 heterocycles. The molecular weight excluding hydrogens is 316 g/mol. The van der Waals surface area contributed by atoms with Gasteiger partial charge in [0.15, 0.2) is 0 Å². The number of piperidine rings is 1. The number of carbonyl (C=O) groups is 1. The lowest BCUT2D eigenvalue weighted by Crippen LogP contribution is -2.62. The predicted molar refractivity (Wildman–Crippen MR) is 98.6 cm³/mol. The van der Waals surface area contributed by atoms with Gasteiger partial charge in [0.2, 0.25) is 5.91 Å². The summed E-state index contributed by atoms with van der Waals surface area (Å²) in [6.45, 7) is 6.87. The number of carbonyl (C=O) groups excluding carboxylic acids is 1. The molecule has 2 aliphatic rings. The molecule has 0 aromatic heterocycles. The van der Waals surface area contributed by atoms with E-state index in [1.807, 2.05) is 31.2 Å². The van der Waals surface area contributed by atoms with E-state index in [1.54, 1.807) is 0 Å². The van der Waals surface area contributed by atoms with E-state index in [-0.39, 0.29) is 23.5 Å². The Kier molecular flexibility index (Phi) is 5.77. The Labute approximate surface area is 150 Å². The van der Waals surface area contributed by atoms with Crippen molar-refractivity contribution in [3.05, 3.63) is 29.8 Å². The van der Waals surface area contributed by atoms with Crippen LogP contribution >= 0.6 is 0 Å². The van der Waals surface area contributed by atoms with Crippen LogP contribution in [0.1, 0.15) is 38.7 Å². The lowest BCUT2D eigenvalue weighted by Gasteiger charge is -2.56. The van der Waals surface area contributed by atoms with Gasteiger partial charge >= 0.3 is 0 Å². The van der Waals surface area contributed by atoms with Crippen LogP contribution in [-0.4, -0.2) is 54.4 Å². The van der Waals surface area contributed by atoms with Crippen LogP contribution < -0.4 is 5.32 Å². The lowest BCUT2D eigenvalue weighted by atomic mass is 9.58. The SMILES string of the molecule is CCOC1CC(O)C12CCN(CC(=O)Nc1ccccc1CC)CC2. The number of hydrogen-bond donors (Lipinski definition) is 2. The van der Waals surface area contributed by atoms with Gasteiger partial charge in [-0.3, -0.25) is 9.69 Å². The van der Waals surface area contributed by atoms with Gasteiger partial charge < -0.3 is 15.2 Å². The van der Waals surface area contributed by atoms with Gasteiger partial charge in [-0.1, -0.05) is 25.1 Å². The minimum absolute atomic E-state index is 0.0346. The fourth-order valence-electron chi connectivity index (χ4n) is 4.29. The molecule has 1 saturated carbocycles. The molecule has 1 spiro atoms. The van der Waals surface area contributed by atoms with Crippen LogP contribution in [0.5, 0.6) is 0 Å². The maximum Gasteiger partial charge on any atom is 0.238 e. The molecule has 5 nitrogen and oxygen atoms in total. The molecule has 2 N–H and O–H groups in total. The standard InChI is InChI=1S/C20H30N2O3/c1-3-15-7-5-6-8-16(15)21-19(24)14-22-11-9-20(10-12-22)17(23)13-18(20)25-4-2/h5-8,17-18,23H,3-4,9-14H2,1-2H3,(H,21,24). The molecule has 1 aliphatic heterocycles. The van der Waals surface area contributed by atoms with E-state index in [4.69, 9.17) is 4.74 Å². The van der Waals surface area contributed by atoms with E-state index in [0.717, 1.165) is 50.0 Å². The summed E-state index contributed by atoms with van der Waals surface area (Å²) in [5.41, 5.74) is 1.98. The number of nitrogens with zero attached hydrogens (tertiary/aromatic N) is 1. The molecular formula is C20H30N2O3. The second-order valence-corrected chi connectivity index (χ2v) is 7.26. The summed E-state index contributed by atoms with van der Waals surface area (Å²) < 4.78 is 5.80. The highest BCUT2D eigenvalue weighted by Gasteiger charge is 2.55. The largest absolute Gasteiger partial charge is 0.392 e. The maximum atomic E-state index is 12.4. The third-order valence-corrected chi connectivity index (χ3v) is 5.94. The number of aliphatic hydroxyl groups excluding tert-OH is 1. The predicted octanol–water partition coefficient (Wildman–Crippen LogP) is 2.44. The van der Waals surface area contributed by atoms with Gasteiger partial charge in [0.05, 0.1) is 18.8 Å². The molecule has 3 rings (SSSR count). The van der Waals surface area contributed by atoms with Crippen molar-refractivity contribution < 1.29 is 14.6 Å². The number of ether oxygens (including phenoxy) is 1. The quantitative estimate of drug-likeness (QED) is 0.830. The minimum atomic E-state index is -0.253. The van der Waals surface area contributed by atoms with Gasteiger partial charge in [0.25, 0.3) is 0 Å². The van der Waals surface area contributed by atoms with Crippen LogP contribution in [0.15, 0.2) is 24.3 Å². The summed E-state index contributed by atoms with van der Waals surface area (Å²) in [4.78, 5) is 14.6. The van der Waals surface area contributed by atoms with E-state index < -0.39 is 0 Å². The highest BCUT2D eigenvalue weighted by atomic mass is 16.5. The second kappa shape index (κ2) is 7.85. The molecule has 1 aromatic rings. The first kappa shape index (κ1) is 18.4. The zero-order chi connectivity index (χ0) is 17.9. The third kappa shape index (κ3) is 3.73. The van der Waals surface area contributed by atoms with E-state index in [0.29, 0.717) is 13.2 Å². The Balaban J connectivity index is 1.51. The number of likely N-dealkylation sites (tertiary alicyclic amines) is 1. The summed E-state index contributed by atoms with van der Waals surface area (Å²) in [6, 6.07) is 7.95. The van der Waals surface area contributed by atoms with Crippen molar-refractivity contribution in [3.8, 4) is 0 Å². The number of amides is 1. The third-order valence-electron chi connectivity index (χ3n) is 5.94. The number of anilines is 1. The number of hydrogen-bond acceptors (Lipinski definition) is 4. The van der Waals surface area contributed by atoms with Crippen LogP contribution in [0.2, 0.25) is 0 Å². The summed E-state index contributed by atoms with van der Waals surface area (Å²) in [5, 5.41) is 13.3. The van der Waals surface area contributed by atoms with Gasteiger partial charge in [-0.25, -0.2) is 0 Å². The van der Waals surface area contributed by atoms with Crippen molar-refractivity contribution in [2.75, 3.05) is 31.6 Å². The van der Waals surface area contributed by atoms with Gasteiger partial charge in [0, 0.05) is 24.1 Å². The van der Waals surface area contributed by atoms with Gasteiger partial charge in [-0.15, -0.1) is 0 Å². The molecule has 138 valence electrons. The molecule has 5 heteroatoms. The lowest BCUT2D eigenvalue weighted by molar-refractivity contribution is -0.209. The summed E-state index contributed by atoms with van der Waals surface area (Å²) in [6.07, 6.45) is 3.38.